The van der Waals surface area contributed by atoms with E-state index in [1.165, 1.54) is 5.56 Å². The molecule has 3 nitrogen and oxygen atoms in total. The Hall–Kier alpha value is -1.35. The summed E-state index contributed by atoms with van der Waals surface area (Å²) in [7, 11) is 1.94. The maximum absolute atomic E-state index is 12.2. The molecular weight excluding hydrogens is 224 g/mol. The monoisotopic (exact) mass is 246 g/mol. The Balaban J connectivity index is 2.15. The molecule has 1 heterocycles. The molecule has 0 saturated carbocycles. The fourth-order valence-corrected chi connectivity index (χ4v) is 2.92. The number of nitrogens with one attached hydrogen (secondary N) is 1. The lowest BCUT2D eigenvalue weighted by Crippen LogP contribution is -2.37. The third-order valence-electron chi connectivity index (χ3n) is 4.01. The van der Waals surface area contributed by atoms with Gasteiger partial charge in [-0.3, -0.25) is 4.79 Å². The van der Waals surface area contributed by atoms with Crippen LogP contribution in [0.25, 0.3) is 0 Å². The van der Waals surface area contributed by atoms with E-state index in [1.807, 2.05) is 30.1 Å². The molecular formula is C15H22N2O. The molecule has 98 valence electrons. The van der Waals surface area contributed by atoms with Gasteiger partial charge in [0, 0.05) is 24.9 Å². The minimum absolute atomic E-state index is 0.163. The van der Waals surface area contributed by atoms with E-state index in [1.54, 1.807) is 0 Å². The molecule has 0 bridgehead atoms. The van der Waals surface area contributed by atoms with E-state index in [9.17, 15) is 4.79 Å². The van der Waals surface area contributed by atoms with Crippen LogP contribution in [0.15, 0.2) is 30.3 Å². The molecule has 2 rings (SSSR count). The van der Waals surface area contributed by atoms with E-state index in [4.69, 9.17) is 0 Å². The molecule has 1 N–H and O–H groups in total. The average Bonchev–Trinajstić information content (AvgIpc) is 2.65. The zero-order valence-electron chi connectivity index (χ0n) is 11.4. The van der Waals surface area contributed by atoms with Crippen LogP contribution in [0.1, 0.15) is 31.9 Å². The first-order valence-electron chi connectivity index (χ1n) is 6.66. The molecule has 1 aromatic carbocycles. The maximum Gasteiger partial charge on any atom is 0.223 e. The van der Waals surface area contributed by atoms with Crippen LogP contribution >= 0.6 is 0 Å². The van der Waals surface area contributed by atoms with E-state index in [0.717, 1.165) is 6.54 Å². The van der Waals surface area contributed by atoms with Gasteiger partial charge >= 0.3 is 0 Å². The van der Waals surface area contributed by atoms with Gasteiger partial charge in [-0.25, -0.2) is 0 Å². The number of amides is 1. The summed E-state index contributed by atoms with van der Waals surface area (Å²) in [5.74, 6) is 0.702. The molecule has 0 aromatic heterocycles. The Kier molecular flexibility index (Phi) is 4.02. The number of carbonyl (C=O) groups excluding carboxylic acids is 1. The van der Waals surface area contributed by atoms with Crippen molar-refractivity contribution >= 4 is 5.91 Å². The van der Waals surface area contributed by atoms with Crippen molar-refractivity contribution in [2.45, 2.75) is 32.4 Å². The van der Waals surface area contributed by atoms with E-state index >= 15 is 0 Å². The summed E-state index contributed by atoms with van der Waals surface area (Å²) in [6.07, 6.45) is 0.666. The van der Waals surface area contributed by atoms with E-state index in [-0.39, 0.29) is 11.9 Å². The van der Waals surface area contributed by atoms with Crippen LogP contribution in [0.3, 0.4) is 0 Å². The van der Waals surface area contributed by atoms with Crippen LogP contribution in [0.4, 0.5) is 0 Å². The number of rotatable bonds is 4. The summed E-state index contributed by atoms with van der Waals surface area (Å²) in [6, 6.07) is 10.7. The van der Waals surface area contributed by atoms with Crippen molar-refractivity contribution in [3.63, 3.8) is 0 Å². The van der Waals surface area contributed by atoms with Crippen LogP contribution in [0.2, 0.25) is 0 Å². The van der Waals surface area contributed by atoms with Gasteiger partial charge in [0.1, 0.15) is 0 Å². The molecule has 3 atom stereocenters. The van der Waals surface area contributed by atoms with Crippen molar-refractivity contribution in [3.05, 3.63) is 35.9 Å². The largest absolute Gasteiger partial charge is 0.333 e. The quantitative estimate of drug-likeness (QED) is 0.883. The second kappa shape index (κ2) is 5.53. The van der Waals surface area contributed by atoms with Gasteiger partial charge in [-0.2, -0.15) is 0 Å². The lowest BCUT2D eigenvalue weighted by molar-refractivity contribution is -0.130. The summed E-state index contributed by atoms with van der Waals surface area (Å²) in [5.41, 5.74) is 1.21. The topological polar surface area (TPSA) is 32.3 Å². The van der Waals surface area contributed by atoms with Gasteiger partial charge in [0.25, 0.3) is 0 Å². The third kappa shape index (κ3) is 2.41. The highest BCUT2D eigenvalue weighted by molar-refractivity contribution is 5.79. The Morgan fingerprint density at radius 1 is 1.39 bits per heavy atom. The number of nitrogens with zero attached hydrogens (tertiary/aromatic N) is 1. The number of likely N-dealkylation sites (tertiary alicyclic amines) is 1. The molecule has 1 aliphatic rings. The highest BCUT2D eigenvalue weighted by atomic mass is 16.2. The SMILES string of the molecule is CNCC1CC(=O)N(C(C)c2ccccc2)C1C. The zero-order valence-corrected chi connectivity index (χ0v) is 11.4. The van der Waals surface area contributed by atoms with Crippen LogP contribution in [-0.2, 0) is 4.79 Å². The summed E-state index contributed by atoms with van der Waals surface area (Å²) < 4.78 is 0. The molecule has 0 radical (unpaired) electrons. The minimum atomic E-state index is 0.163. The summed E-state index contributed by atoms with van der Waals surface area (Å²) in [4.78, 5) is 14.2. The van der Waals surface area contributed by atoms with E-state index in [0.29, 0.717) is 18.4 Å². The van der Waals surface area contributed by atoms with Gasteiger partial charge in [0.2, 0.25) is 5.91 Å². The second-order valence-corrected chi connectivity index (χ2v) is 5.15. The summed E-state index contributed by atoms with van der Waals surface area (Å²) in [6.45, 7) is 5.18. The maximum atomic E-state index is 12.2. The molecule has 1 fully saturated rings. The van der Waals surface area contributed by atoms with Gasteiger partial charge in [-0.1, -0.05) is 30.3 Å². The van der Waals surface area contributed by atoms with Gasteiger partial charge in [-0.05, 0) is 26.5 Å². The first-order valence-corrected chi connectivity index (χ1v) is 6.66. The van der Waals surface area contributed by atoms with Crippen molar-refractivity contribution in [2.75, 3.05) is 13.6 Å². The van der Waals surface area contributed by atoms with Gasteiger partial charge in [0.15, 0.2) is 0 Å². The summed E-state index contributed by atoms with van der Waals surface area (Å²) >= 11 is 0. The van der Waals surface area contributed by atoms with Crippen molar-refractivity contribution in [1.82, 2.24) is 10.2 Å². The first-order chi connectivity index (χ1) is 8.65. The molecule has 0 spiro atoms. The molecule has 1 aromatic rings. The smallest absolute Gasteiger partial charge is 0.223 e. The Morgan fingerprint density at radius 3 is 2.67 bits per heavy atom. The van der Waals surface area contributed by atoms with Crippen molar-refractivity contribution < 1.29 is 4.79 Å². The predicted octanol–water partition coefficient (Wildman–Crippen LogP) is 2.20. The van der Waals surface area contributed by atoms with E-state index in [2.05, 4.69) is 31.3 Å². The van der Waals surface area contributed by atoms with Crippen LogP contribution in [-0.4, -0.2) is 30.4 Å². The predicted molar refractivity (Wildman–Crippen MR) is 73.2 cm³/mol. The van der Waals surface area contributed by atoms with Crippen molar-refractivity contribution in [1.29, 1.82) is 0 Å². The number of hydrogen-bond acceptors (Lipinski definition) is 2. The summed E-state index contributed by atoms with van der Waals surface area (Å²) in [5, 5.41) is 3.18. The highest BCUT2D eigenvalue weighted by Crippen LogP contribution is 2.33. The Bertz CT molecular complexity index is 404. The zero-order chi connectivity index (χ0) is 13.1. The lowest BCUT2D eigenvalue weighted by Gasteiger charge is -2.31. The van der Waals surface area contributed by atoms with Gasteiger partial charge in [0.05, 0.1) is 6.04 Å². The minimum Gasteiger partial charge on any atom is -0.333 e. The molecule has 3 unspecified atom stereocenters. The van der Waals surface area contributed by atoms with Crippen LogP contribution in [0, 0.1) is 5.92 Å². The van der Waals surface area contributed by atoms with E-state index < -0.39 is 0 Å². The highest BCUT2D eigenvalue weighted by Gasteiger charge is 2.38. The van der Waals surface area contributed by atoms with Crippen molar-refractivity contribution in [3.8, 4) is 0 Å². The van der Waals surface area contributed by atoms with Crippen LogP contribution < -0.4 is 5.32 Å². The van der Waals surface area contributed by atoms with Crippen LogP contribution in [0.5, 0.6) is 0 Å². The van der Waals surface area contributed by atoms with Crippen molar-refractivity contribution in [2.24, 2.45) is 5.92 Å². The number of carbonyl (C=O) groups is 1. The number of benzene rings is 1. The molecule has 1 aliphatic heterocycles. The average molecular weight is 246 g/mol. The van der Waals surface area contributed by atoms with Gasteiger partial charge in [-0.15, -0.1) is 0 Å². The molecule has 18 heavy (non-hydrogen) atoms. The normalized spacial score (nSPS) is 25.5. The Morgan fingerprint density at radius 2 is 2.06 bits per heavy atom. The standard InChI is InChI=1S/C15H22N2O/c1-11(13-7-5-4-6-8-13)17-12(2)14(10-16-3)9-15(17)18/h4-8,11-12,14,16H,9-10H2,1-3H3. The fraction of sp³-hybridized carbons (Fsp3) is 0.533. The fourth-order valence-electron chi connectivity index (χ4n) is 2.92. The molecule has 0 aliphatic carbocycles. The molecule has 3 heteroatoms. The second-order valence-electron chi connectivity index (χ2n) is 5.15. The van der Waals surface area contributed by atoms with Gasteiger partial charge < -0.3 is 10.2 Å². The molecule has 1 saturated heterocycles. The number of hydrogen-bond donors (Lipinski definition) is 1. The Labute approximate surface area is 109 Å². The third-order valence-corrected chi connectivity index (χ3v) is 4.01. The molecule has 1 amide bonds. The lowest BCUT2D eigenvalue weighted by atomic mass is 10.0. The first kappa shape index (κ1) is 13.1.